The van der Waals surface area contributed by atoms with Crippen LogP contribution in [0.3, 0.4) is 0 Å². The van der Waals surface area contributed by atoms with Crippen molar-refractivity contribution in [3.05, 3.63) is 11.7 Å². The van der Waals surface area contributed by atoms with E-state index in [4.69, 9.17) is 9.26 Å². The van der Waals surface area contributed by atoms with Crippen molar-refractivity contribution in [3.8, 4) is 0 Å². The van der Waals surface area contributed by atoms with Gasteiger partial charge in [-0.15, -0.1) is 0 Å². The molecule has 1 aliphatic heterocycles. The number of aromatic nitrogens is 2. The third-order valence-corrected chi connectivity index (χ3v) is 4.65. The molecule has 6 nitrogen and oxygen atoms in total. The minimum Gasteiger partial charge on any atom is -0.378 e. The molecule has 4 rings (SSSR count). The Morgan fingerprint density at radius 3 is 3.05 bits per heavy atom. The zero-order valence-electron chi connectivity index (χ0n) is 12.3. The number of hydrogen-bond acceptors (Lipinski definition) is 5. The average molecular weight is 291 g/mol. The maximum absolute atomic E-state index is 12.6. The van der Waals surface area contributed by atoms with Gasteiger partial charge in [0.1, 0.15) is 0 Å². The van der Waals surface area contributed by atoms with Gasteiger partial charge in [0.15, 0.2) is 5.82 Å². The highest BCUT2D eigenvalue weighted by Gasteiger charge is 2.48. The zero-order chi connectivity index (χ0) is 14.4. The number of carbonyl (C=O) groups excluding carboxylic acids is 1. The quantitative estimate of drug-likeness (QED) is 0.830. The number of carbonyl (C=O) groups is 1. The number of likely N-dealkylation sites (tertiary alicyclic amines) is 1. The van der Waals surface area contributed by atoms with Crippen LogP contribution in [0.4, 0.5) is 0 Å². The summed E-state index contributed by atoms with van der Waals surface area (Å²) in [6.45, 7) is 3.44. The van der Waals surface area contributed by atoms with Crippen molar-refractivity contribution in [2.45, 2.75) is 57.1 Å². The molecule has 2 heterocycles. The van der Waals surface area contributed by atoms with E-state index in [-0.39, 0.29) is 24.0 Å². The molecule has 2 aliphatic carbocycles. The van der Waals surface area contributed by atoms with Crippen molar-refractivity contribution in [1.82, 2.24) is 15.0 Å². The SMILES string of the molecule is CCO[C@@H]1C[C@@H]1C(=O)N1CCC[C@@H]1c1noc(C2CC2)n1. The van der Waals surface area contributed by atoms with Crippen LogP contribution in [0.15, 0.2) is 4.52 Å². The summed E-state index contributed by atoms with van der Waals surface area (Å²) < 4.78 is 10.9. The average Bonchev–Trinajstić information content (AvgIpc) is 3.36. The first-order chi connectivity index (χ1) is 10.3. The van der Waals surface area contributed by atoms with Crippen molar-refractivity contribution < 1.29 is 14.1 Å². The van der Waals surface area contributed by atoms with Crippen LogP contribution in [-0.2, 0) is 9.53 Å². The molecule has 114 valence electrons. The van der Waals surface area contributed by atoms with Crippen LogP contribution in [0.2, 0.25) is 0 Å². The molecule has 1 aromatic heterocycles. The molecule has 3 atom stereocenters. The van der Waals surface area contributed by atoms with Gasteiger partial charge in [0, 0.05) is 19.1 Å². The Labute approximate surface area is 123 Å². The van der Waals surface area contributed by atoms with Crippen LogP contribution in [-0.4, -0.2) is 40.2 Å². The molecule has 1 saturated heterocycles. The molecule has 0 spiro atoms. The van der Waals surface area contributed by atoms with Crippen LogP contribution in [0.5, 0.6) is 0 Å². The smallest absolute Gasteiger partial charge is 0.229 e. The third kappa shape index (κ3) is 2.46. The predicted molar refractivity (Wildman–Crippen MR) is 73.5 cm³/mol. The van der Waals surface area contributed by atoms with E-state index < -0.39 is 0 Å². The molecule has 0 radical (unpaired) electrons. The number of hydrogen-bond donors (Lipinski definition) is 0. The maximum Gasteiger partial charge on any atom is 0.229 e. The second-order valence-corrected chi connectivity index (χ2v) is 6.29. The van der Waals surface area contributed by atoms with Crippen molar-refractivity contribution in [1.29, 1.82) is 0 Å². The standard InChI is InChI=1S/C15H21N3O3/c1-2-20-12-8-10(12)15(19)18-7-3-4-11(18)13-16-14(21-17-13)9-5-6-9/h9-12H,2-8H2,1H3/t10-,11+,12+/m0/s1. The maximum atomic E-state index is 12.6. The highest BCUT2D eigenvalue weighted by atomic mass is 16.5. The lowest BCUT2D eigenvalue weighted by Gasteiger charge is -2.22. The molecular formula is C15H21N3O3. The van der Waals surface area contributed by atoms with Crippen LogP contribution in [0.25, 0.3) is 0 Å². The monoisotopic (exact) mass is 291 g/mol. The first kappa shape index (κ1) is 13.2. The Bertz CT molecular complexity index is 540. The van der Waals surface area contributed by atoms with Crippen LogP contribution in [0, 0.1) is 5.92 Å². The van der Waals surface area contributed by atoms with Gasteiger partial charge < -0.3 is 14.2 Å². The highest BCUT2D eigenvalue weighted by Crippen LogP contribution is 2.42. The van der Waals surface area contributed by atoms with E-state index in [0.717, 1.165) is 44.5 Å². The van der Waals surface area contributed by atoms with Crippen LogP contribution >= 0.6 is 0 Å². The lowest BCUT2D eigenvalue weighted by molar-refractivity contribution is -0.134. The minimum absolute atomic E-state index is 0.00312. The first-order valence-electron chi connectivity index (χ1n) is 8.03. The normalized spacial score (nSPS) is 31.7. The summed E-state index contributed by atoms with van der Waals surface area (Å²) in [4.78, 5) is 19.0. The van der Waals surface area contributed by atoms with Gasteiger partial charge in [-0.2, -0.15) is 4.98 Å². The van der Waals surface area contributed by atoms with Crippen molar-refractivity contribution in [2.24, 2.45) is 5.92 Å². The summed E-state index contributed by atoms with van der Waals surface area (Å²) in [7, 11) is 0. The van der Waals surface area contributed by atoms with E-state index in [0.29, 0.717) is 18.3 Å². The molecule has 0 aromatic carbocycles. The molecule has 3 fully saturated rings. The Hall–Kier alpha value is -1.43. The van der Waals surface area contributed by atoms with Gasteiger partial charge in [-0.3, -0.25) is 4.79 Å². The summed E-state index contributed by atoms with van der Waals surface area (Å²) in [5.74, 6) is 2.15. The van der Waals surface area contributed by atoms with Crippen molar-refractivity contribution in [3.63, 3.8) is 0 Å². The van der Waals surface area contributed by atoms with Crippen LogP contribution in [0.1, 0.15) is 62.7 Å². The topological polar surface area (TPSA) is 68.5 Å². The fourth-order valence-corrected chi connectivity index (χ4v) is 3.22. The van der Waals surface area contributed by atoms with Crippen molar-refractivity contribution >= 4 is 5.91 Å². The van der Waals surface area contributed by atoms with E-state index in [2.05, 4.69) is 10.1 Å². The van der Waals surface area contributed by atoms with E-state index in [1.807, 2.05) is 11.8 Å². The van der Waals surface area contributed by atoms with E-state index >= 15 is 0 Å². The lowest BCUT2D eigenvalue weighted by atomic mass is 10.2. The Morgan fingerprint density at radius 2 is 2.29 bits per heavy atom. The highest BCUT2D eigenvalue weighted by molar-refractivity contribution is 5.82. The summed E-state index contributed by atoms with van der Waals surface area (Å²) in [6.07, 6.45) is 5.21. The Morgan fingerprint density at radius 1 is 1.43 bits per heavy atom. The molecule has 0 N–H and O–H groups in total. The summed E-state index contributed by atoms with van der Waals surface area (Å²) in [5.41, 5.74) is 0. The molecular weight excluding hydrogens is 270 g/mol. The largest absolute Gasteiger partial charge is 0.378 e. The fourth-order valence-electron chi connectivity index (χ4n) is 3.22. The molecule has 1 aromatic rings. The number of nitrogens with zero attached hydrogens (tertiary/aromatic N) is 3. The van der Waals surface area contributed by atoms with Crippen LogP contribution < -0.4 is 0 Å². The van der Waals surface area contributed by atoms with Gasteiger partial charge in [-0.05, 0) is 39.0 Å². The summed E-state index contributed by atoms with van der Waals surface area (Å²) in [5, 5.41) is 4.12. The van der Waals surface area contributed by atoms with Gasteiger partial charge in [-0.1, -0.05) is 5.16 Å². The van der Waals surface area contributed by atoms with E-state index in [9.17, 15) is 4.79 Å². The number of amides is 1. The Kier molecular flexibility index (Phi) is 3.21. The zero-order valence-corrected chi connectivity index (χ0v) is 12.3. The fraction of sp³-hybridized carbons (Fsp3) is 0.800. The molecule has 6 heteroatoms. The van der Waals surface area contributed by atoms with Crippen molar-refractivity contribution in [2.75, 3.05) is 13.2 Å². The molecule has 0 bridgehead atoms. The van der Waals surface area contributed by atoms with E-state index in [1.54, 1.807) is 0 Å². The van der Waals surface area contributed by atoms with Gasteiger partial charge in [0.2, 0.25) is 11.8 Å². The summed E-state index contributed by atoms with van der Waals surface area (Å²) in [6, 6.07) is -0.00312. The van der Waals surface area contributed by atoms with Gasteiger partial charge >= 0.3 is 0 Å². The van der Waals surface area contributed by atoms with Gasteiger partial charge in [-0.25, -0.2) is 0 Å². The minimum atomic E-state index is -0.00312. The lowest BCUT2D eigenvalue weighted by Crippen LogP contribution is -2.33. The molecule has 2 saturated carbocycles. The second-order valence-electron chi connectivity index (χ2n) is 6.29. The molecule has 21 heavy (non-hydrogen) atoms. The second kappa shape index (κ2) is 5.09. The molecule has 3 aliphatic rings. The van der Waals surface area contributed by atoms with E-state index in [1.165, 1.54) is 0 Å². The summed E-state index contributed by atoms with van der Waals surface area (Å²) >= 11 is 0. The van der Waals surface area contributed by atoms with Gasteiger partial charge in [0.05, 0.1) is 18.1 Å². The molecule has 1 amide bonds. The Balaban J connectivity index is 1.45. The first-order valence-corrected chi connectivity index (χ1v) is 8.03. The molecule has 0 unspecified atom stereocenters. The van der Waals surface area contributed by atoms with Gasteiger partial charge in [0.25, 0.3) is 0 Å². The number of ether oxygens (including phenoxy) is 1. The third-order valence-electron chi connectivity index (χ3n) is 4.65. The number of rotatable bonds is 5. The predicted octanol–water partition coefficient (Wildman–Crippen LogP) is 2.04.